The van der Waals surface area contributed by atoms with Gasteiger partial charge in [0.25, 0.3) is 0 Å². The number of benzene rings is 2. The van der Waals surface area contributed by atoms with Crippen LogP contribution in [0.1, 0.15) is 50.3 Å². The lowest BCUT2D eigenvalue weighted by molar-refractivity contribution is -0.212. The summed E-state index contributed by atoms with van der Waals surface area (Å²) >= 11 is 0. The van der Waals surface area contributed by atoms with Crippen molar-refractivity contribution in [1.82, 2.24) is 5.01 Å². The minimum atomic E-state index is -0.482. The quantitative estimate of drug-likeness (QED) is 0.770. The second-order valence-corrected chi connectivity index (χ2v) is 8.43. The number of nitrogens with zero attached hydrogens (tertiary/aromatic N) is 2. The van der Waals surface area contributed by atoms with E-state index in [9.17, 15) is 0 Å². The highest BCUT2D eigenvalue weighted by Crippen LogP contribution is 2.52. The van der Waals surface area contributed by atoms with Crippen LogP contribution in [0.15, 0.2) is 53.6 Å². The molecule has 146 valence electrons. The molecule has 0 aliphatic carbocycles. The minimum Gasteiger partial charge on any atom is -0.496 e. The van der Waals surface area contributed by atoms with Gasteiger partial charge in [-0.25, -0.2) is 5.01 Å². The van der Waals surface area contributed by atoms with E-state index in [1.54, 1.807) is 7.11 Å². The second kappa shape index (κ2) is 6.24. The maximum atomic E-state index is 6.66. The summed E-state index contributed by atoms with van der Waals surface area (Å²) in [6.07, 6.45) is 2.40. The van der Waals surface area contributed by atoms with E-state index in [2.05, 4.69) is 43.1 Å². The van der Waals surface area contributed by atoms with E-state index in [0.717, 1.165) is 42.0 Å². The zero-order valence-electron chi connectivity index (χ0n) is 16.6. The van der Waals surface area contributed by atoms with Crippen molar-refractivity contribution in [1.29, 1.82) is 0 Å². The van der Waals surface area contributed by atoms with Crippen molar-refractivity contribution < 1.29 is 14.2 Å². The van der Waals surface area contributed by atoms with Gasteiger partial charge in [0, 0.05) is 30.4 Å². The van der Waals surface area contributed by atoms with Gasteiger partial charge in [0.1, 0.15) is 11.5 Å². The van der Waals surface area contributed by atoms with Crippen molar-refractivity contribution in [3.05, 3.63) is 59.7 Å². The lowest BCUT2D eigenvalue weighted by atomic mass is 9.86. The first-order valence-electron chi connectivity index (χ1n) is 9.93. The zero-order valence-corrected chi connectivity index (χ0v) is 16.6. The average molecular weight is 378 g/mol. The molecule has 2 atom stereocenters. The van der Waals surface area contributed by atoms with Crippen LogP contribution in [0.25, 0.3) is 0 Å². The average Bonchev–Trinajstić information content (AvgIpc) is 3.14. The molecular weight excluding hydrogens is 352 g/mol. The number of fused-ring (bicyclic) bond motifs is 4. The number of hydrogen-bond donors (Lipinski definition) is 0. The lowest BCUT2D eigenvalue weighted by Crippen LogP contribution is -2.60. The fourth-order valence-corrected chi connectivity index (χ4v) is 4.85. The topological polar surface area (TPSA) is 43.3 Å². The molecule has 5 nitrogen and oxygen atoms in total. The Morgan fingerprint density at radius 1 is 1.11 bits per heavy atom. The smallest absolute Gasteiger partial charge is 0.203 e. The molecule has 0 N–H and O–H groups in total. The molecule has 5 heteroatoms. The van der Waals surface area contributed by atoms with Crippen molar-refractivity contribution in [2.24, 2.45) is 5.10 Å². The number of rotatable bonds is 2. The van der Waals surface area contributed by atoms with Gasteiger partial charge in [0.15, 0.2) is 0 Å². The molecule has 3 heterocycles. The summed E-state index contributed by atoms with van der Waals surface area (Å²) in [5.41, 5.74) is 2.57. The fraction of sp³-hybridized carbons (Fsp3) is 0.435. The van der Waals surface area contributed by atoms with Crippen LogP contribution in [0.2, 0.25) is 0 Å². The Morgan fingerprint density at radius 3 is 2.71 bits per heavy atom. The molecule has 0 radical (unpaired) electrons. The first kappa shape index (κ1) is 17.6. The van der Waals surface area contributed by atoms with Gasteiger partial charge in [-0.3, -0.25) is 0 Å². The summed E-state index contributed by atoms with van der Waals surface area (Å²) in [5, 5.41) is 7.33. The monoisotopic (exact) mass is 378 g/mol. The summed E-state index contributed by atoms with van der Waals surface area (Å²) in [4.78, 5) is 0. The number of ether oxygens (including phenoxy) is 3. The van der Waals surface area contributed by atoms with Gasteiger partial charge in [-0.1, -0.05) is 30.3 Å². The summed E-state index contributed by atoms with van der Waals surface area (Å²) in [6.45, 7) is 4.93. The molecule has 5 rings (SSSR count). The maximum absolute atomic E-state index is 6.66. The number of hydrazone groups is 1. The Kier molecular flexibility index (Phi) is 3.91. The van der Waals surface area contributed by atoms with E-state index < -0.39 is 5.72 Å². The van der Waals surface area contributed by atoms with Crippen LogP contribution in [0, 0.1) is 0 Å². The number of hydrogen-bond acceptors (Lipinski definition) is 5. The zero-order chi connectivity index (χ0) is 19.4. The standard InChI is InChI=1S/C23H26N2O3/c1-22(2)15-23(12-13-27-22)25-19(17-9-5-7-11-21(17)28-23)14-18(24-25)16-8-4-6-10-20(16)26-3/h4-11,19H,12-15H2,1-3H3. The minimum absolute atomic E-state index is 0.166. The van der Waals surface area contributed by atoms with E-state index >= 15 is 0 Å². The van der Waals surface area contributed by atoms with Crippen molar-refractivity contribution in [2.75, 3.05) is 13.7 Å². The molecule has 3 aliphatic rings. The van der Waals surface area contributed by atoms with Crippen LogP contribution in [-0.2, 0) is 4.74 Å². The Morgan fingerprint density at radius 2 is 1.89 bits per heavy atom. The summed E-state index contributed by atoms with van der Waals surface area (Å²) in [6, 6.07) is 16.6. The summed E-state index contributed by atoms with van der Waals surface area (Å²) < 4.78 is 18.3. The Hall–Kier alpha value is -2.53. The molecule has 2 aromatic rings. The molecule has 0 aromatic heterocycles. The highest BCUT2D eigenvalue weighted by Gasteiger charge is 2.54. The molecule has 2 unspecified atom stereocenters. The van der Waals surface area contributed by atoms with E-state index in [1.807, 2.05) is 24.3 Å². The second-order valence-electron chi connectivity index (χ2n) is 8.43. The number of para-hydroxylation sites is 2. The van der Waals surface area contributed by atoms with Crippen LogP contribution >= 0.6 is 0 Å². The van der Waals surface area contributed by atoms with Gasteiger partial charge < -0.3 is 14.2 Å². The van der Waals surface area contributed by atoms with Crippen LogP contribution in [0.5, 0.6) is 11.5 Å². The molecule has 3 aliphatic heterocycles. The van der Waals surface area contributed by atoms with Crippen molar-refractivity contribution in [3.8, 4) is 11.5 Å². The van der Waals surface area contributed by atoms with Gasteiger partial charge >= 0.3 is 0 Å². The third-order valence-corrected chi connectivity index (χ3v) is 6.01. The van der Waals surface area contributed by atoms with Crippen molar-refractivity contribution in [2.45, 2.75) is 50.5 Å². The normalized spacial score (nSPS) is 27.6. The molecule has 2 aromatic carbocycles. The van der Waals surface area contributed by atoms with Crippen molar-refractivity contribution in [3.63, 3.8) is 0 Å². The highest BCUT2D eigenvalue weighted by atomic mass is 16.5. The Balaban J connectivity index is 1.62. The molecule has 1 saturated heterocycles. The molecule has 0 amide bonds. The Labute approximate surface area is 165 Å². The van der Waals surface area contributed by atoms with Crippen LogP contribution in [0.4, 0.5) is 0 Å². The molecule has 28 heavy (non-hydrogen) atoms. The lowest BCUT2D eigenvalue weighted by Gasteiger charge is -2.52. The molecule has 1 spiro atoms. The van der Waals surface area contributed by atoms with Gasteiger partial charge in [-0.15, -0.1) is 0 Å². The van der Waals surface area contributed by atoms with E-state index in [4.69, 9.17) is 19.3 Å². The van der Waals surface area contributed by atoms with Crippen LogP contribution in [0.3, 0.4) is 0 Å². The summed E-state index contributed by atoms with van der Waals surface area (Å²) in [7, 11) is 1.71. The fourth-order valence-electron chi connectivity index (χ4n) is 4.85. The predicted molar refractivity (Wildman–Crippen MR) is 108 cm³/mol. The molecular formula is C23H26N2O3. The predicted octanol–water partition coefficient (Wildman–Crippen LogP) is 4.52. The third kappa shape index (κ3) is 2.68. The maximum Gasteiger partial charge on any atom is 0.203 e. The van der Waals surface area contributed by atoms with E-state index in [0.29, 0.717) is 6.61 Å². The molecule has 0 bridgehead atoms. The van der Waals surface area contributed by atoms with Crippen LogP contribution in [-0.4, -0.2) is 35.8 Å². The van der Waals surface area contributed by atoms with Gasteiger partial charge in [0.05, 0.1) is 31.1 Å². The third-order valence-electron chi connectivity index (χ3n) is 6.01. The van der Waals surface area contributed by atoms with Crippen molar-refractivity contribution >= 4 is 5.71 Å². The van der Waals surface area contributed by atoms with E-state index in [1.165, 1.54) is 5.56 Å². The molecule has 1 fully saturated rings. The SMILES string of the molecule is COc1ccccc1C1=NN2C(C1)c1ccccc1OC21CCOC(C)(C)C1. The van der Waals surface area contributed by atoms with E-state index in [-0.39, 0.29) is 11.6 Å². The van der Waals surface area contributed by atoms with Gasteiger partial charge in [0.2, 0.25) is 5.72 Å². The largest absolute Gasteiger partial charge is 0.496 e. The van der Waals surface area contributed by atoms with Gasteiger partial charge in [-0.05, 0) is 32.0 Å². The first-order chi connectivity index (χ1) is 13.5. The van der Waals surface area contributed by atoms with Gasteiger partial charge in [-0.2, -0.15) is 5.10 Å². The van der Waals surface area contributed by atoms with Crippen LogP contribution < -0.4 is 9.47 Å². The summed E-state index contributed by atoms with van der Waals surface area (Å²) in [5.74, 6) is 1.83. The highest BCUT2D eigenvalue weighted by molar-refractivity contribution is 6.04. The number of methoxy groups -OCH3 is 1. The Bertz CT molecular complexity index is 939. The molecule has 0 saturated carbocycles. The first-order valence-corrected chi connectivity index (χ1v) is 9.93.